The highest BCUT2D eigenvalue weighted by Crippen LogP contribution is 2.42. The number of rotatable bonds is 11. The van der Waals surface area contributed by atoms with Gasteiger partial charge in [0.15, 0.2) is 0 Å². The van der Waals surface area contributed by atoms with Crippen molar-refractivity contribution >= 4 is 5.97 Å². The number of hydrogen-bond acceptors (Lipinski definition) is 5. The molecule has 5 heteroatoms. The summed E-state index contributed by atoms with van der Waals surface area (Å²) in [6.07, 6.45) is 3.28. The Morgan fingerprint density at radius 3 is 1.79 bits per heavy atom. The van der Waals surface area contributed by atoms with Gasteiger partial charge in [0.05, 0.1) is 27.4 Å². The van der Waals surface area contributed by atoms with E-state index < -0.39 is 5.60 Å². The molecule has 0 unspecified atom stereocenters. The second-order valence-corrected chi connectivity index (χ2v) is 7.90. The molecule has 0 fully saturated rings. The normalized spacial score (nSPS) is 12.4. The van der Waals surface area contributed by atoms with Crippen LogP contribution in [-0.4, -0.2) is 33.4 Å². The standard InChI is InChI=1S/C29H32O5/c1-5-33-28(30)20-11-22(2)21-34-29(23-9-7-6-8-10-23,24-12-16-26(31-3)17-13-24)25-14-18-27(32-4)19-15-25/h6-20,22H,5,21H2,1-4H3/b20-11+/t22-/m0/s1. The van der Waals surface area contributed by atoms with Crippen LogP contribution in [0.15, 0.2) is 91.0 Å². The molecule has 0 amide bonds. The fourth-order valence-corrected chi connectivity index (χ4v) is 3.82. The van der Waals surface area contributed by atoms with Gasteiger partial charge in [-0.3, -0.25) is 0 Å². The van der Waals surface area contributed by atoms with Crippen LogP contribution in [0.25, 0.3) is 0 Å². The van der Waals surface area contributed by atoms with E-state index in [9.17, 15) is 4.79 Å². The number of methoxy groups -OCH3 is 2. The van der Waals surface area contributed by atoms with Crippen LogP contribution in [0.2, 0.25) is 0 Å². The smallest absolute Gasteiger partial charge is 0.330 e. The van der Waals surface area contributed by atoms with Crippen LogP contribution in [0, 0.1) is 5.92 Å². The van der Waals surface area contributed by atoms with Crippen LogP contribution in [0.3, 0.4) is 0 Å². The lowest BCUT2D eigenvalue weighted by Crippen LogP contribution is -2.34. The molecule has 3 rings (SSSR count). The van der Waals surface area contributed by atoms with Gasteiger partial charge in [-0.1, -0.05) is 67.6 Å². The van der Waals surface area contributed by atoms with E-state index in [1.807, 2.05) is 79.7 Å². The van der Waals surface area contributed by atoms with Crippen molar-refractivity contribution in [3.05, 3.63) is 108 Å². The van der Waals surface area contributed by atoms with Crippen molar-refractivity contribution in [3.63, 3.8) is 0 Å². The number of benzene rings is 3. The van der Waals surface area contributed by atoms with E-state index in [1.165, 1.54) is 6.08 Å². The van der Waals surface area contributed by atoms with Gasteiger partial charge in [0.25, 0.3) is 0 Å². The van der Waals surface area contributed by atoms with Crippen LogP contribution in [0.4, 0.5) is 0 Å². The lowest BCUT2D eigenvalue weighted by Gasteiger charge is -2.36. The fraction of sp³-hybridized carbons (Fsp3) is 0.276. The predicted octanol–water partition coefficient (Wildman–Crippen LogP) is 5.77. The third kappa shape index (κ3) is 5.86. The molecule has 0 aliphatic rings. The molecule has 0 radical (unpaired) electrons. The van der Waals surface area contributed by atoms with Gasteiger partial charge in [-0.15, -0.1) is 0 Å². The van der Waals surface area contributed by atoms with Crippen molar-refractivity contribution in [2.24, 2.45) is 5.92 Å². The Morgan fingerprint density at radius 2 is 1.32 bits per heavy atom. The Kier molecular flexibility index (Phi) is 8.88. The summed E-state index contributed by atoms with van der Waals surface area (Å²) in [5.74, 6) is 1.16. The molecule has 3 aromatic carbocycles. The van der Waals surface area contributed by atoms with Gasteiger partial charge in [-0.05, 0) is 53.8 Å². The van der Waals surface area contributed by atoms with E-state index in [0.29, 0.717) is 13.2 Å². The average Bonchev–Trinajstić information content (AvgIpc) is 2.89. The number of ether oxygens (including phenoxy) is 4. The summed E-state index contributed by atoms with van der Waals surface area (Å²) < 4.78 is 22.6. The molecule has 3 aromatic rings. The molecule has 0 aliphatic carbocycles. The van der Waals surface area contributed by atoms with Crippen molar-refractivity contribution < 1.29 is 23.7 Å². The monoisotopic (exact) mass is 460 g/mol. The van der Waals surface area contributed by atoms with Crippen molar-refractivity contribution in [1.29, 1.82) is 0 Å². The van der Waals surface area contributed by atoms with Crippen LogP contribution >= 0.6 is 0 Å². The first-order valence-electron chi connectivity index (χ1n) is 11.4. The first kappa shape index (κ1) is 25.1. The number of carbonyl (C=O) groups is 1. The number of esters is 1. The summed E-state index contributed by atoms with van der Waals surface area (Å²) in [5, 5.41) is 0. The summed E-state index contributed by atoms with van der Waals surface area (Å²) in [6.45, 7) is 4.52. The molecule has 0 spiro atoms. The Labute approximate surface area is 201 Å². The number of carbonyl (C=O) groups excluding carboxylic acids is 1. The molecular weight excluding hydrogens is 428 g/mol. The summed E-state index contributed by atoms with van der Waals surface area (Å²) in [4.78, 5) is 11.8. The fourth-order valence-electron chi connectivity index (χ4n) is 3.82. The second-order valence-electron chi connectivity index (χ2n) is 7.90. The minimum absolute atomic E-state index is 0.0241. The highest BCUT2D eigenvalue weighted by molar-refractivity contribution is 5.81. The highest BCUT2D eigenvalue weighted by atomic mass is 16.5. The largest absolute Gasteiger partial charge is 0.497 e. The number of hydrogen-bond donors (Lipinski definition) is 0. The maximum Gasteiger partial charge on any atom is 0.330 e. The first-order valence-corrected chi connectivity index (χ1v) is 11.4. The summed E-state index contributed by atoms with van der Waals surface area (Å²) in [6, 6.07) is 26.0. The lowest BCUT2D eigenvalue weighted by molar-refractivity contribution is -0.137. The molecule has 0 aromatic heterocycles. The van der Waals surface area contributed by atoms with Crippen LogP contribution in [0.5, 0.6) is 11.5 Å². The molecule has 5 nitrogen and oxygen atoms in total. The maximum atomic E-state index is 11.8. The van der Waals surface area contributed by atoms with Crippen molar-refractivity contribution in [2.45, 2.75) is 19.4 Å². The molecule has 0 saturated carbocycles. The molecule has 0 bridgehead atoms. The lowest BCUT2D eigenvalue weighted by atomic mass is 9.80. The minimum atomic E-state index is -0.883. The van der Waals surface area contributed by atoms with E-state index in [0.717, 1.165) is 28.2 Å². The van der Waals surface area contributed by atoms with E-state index in [2.05, 4.69) is 12.1 Å². The average molecular weight is 461 g/mol. The van der Waals surface area contributed by atoms with Gasteiger partial charge in [0.1, 0.15) is 17.1 Å². The van der Waals surface area contributed by atoms with Crippen LogP contribution < -0.4 is 9.47 Å². The van der Waals surface area contributed by atoms with E-state index in [4.69, 9.17) is 18.9 Å². The predicted molar refractivity (Wildman–Crippen MR) is 133 cm³/mol. The molecule has 0 aliphatic heterocycles. The first-order chi connectivity index (χ1) is 16.5. The van der Waals surface area contributed by atoms with Gasteiger partial charge in [0, 0.05) is 6.08 Å². The maximum absolute atomic E-state index is 11.8. The molecule has 178 valence electrons. The zero-order valence-electron chi connectivity index (χ0n) is 20.2. The molecule has 0 heterocycles. The SMILES string of the molecule is CCOC(=O)/C=C/[C@H](C)COC(c1ccccc1)(c1ccc(OC)cc1)c1ccc(OC)cc1. The molecular formula is C29H32O5. The van der Waals surface area contributed by atoms with Gasteiger partial charge >= 0.3 is 5.97 Å². The Bertz CT molecular complexity index is 1010. The Morgan fingerprint density at radius 1 is 0.824 bits per heavy atom. The molecule has 1 atom stereocenters. The van der Waals surface area contributed by atoms with Crippen molar-refractivity contribution in [1.82, 2.24) is 0 Å². The molecule has 0 N–H and O–H groups in total. The topological polar surface area (TPSA) is 54.0 Å². The van der Waals surface area contributed by atoms with Gasteiger partial charge < -0.3 is 18.9 Å². The second kappa shape index (κ2) is 12.1. The van der Waals surface area contributed by atoms with E-state index in [-0.39, 0.29) is 11.9 Å². The van der Waals surface area contributed by atoms with Crippen molar-refractivity contribution in [3.8, 4) is 11.5 Å². The quantitative estimate of drug-likeness (QED) is 0.207. The minimum Gasteiger partial charge on any atom is -0.497 e. The third-order valence-electron chi connectivity index (χ3n) is 5.58. The summed E-state index contributed by atoms with van der Waals surface area (Å²) in [7, 11) is 3.30. The van der Waals surface area contributed by atoms with Gasteiger partial charge in [0.2, 0.25) is 0 Å². The van der Waals surface area contributed by atoms with E-state index in [1.54, 1.807) is 21.1 Å². The van der Waals surface area contributed by atoms with E-state index >= 15 is 0 Å². The Hall–Kier alpha value is -3.57. The van der Waals surface area contributed by atoms with Gasteiger partial charge in [-0.25, -0.2) is 4.79 Å². The van der Waals surface area contributed by atoms with Crippen molar-refractivity contribution in [2.75, 3.05) is 27.4 Å². The highest BCUT2D eigenvalue weighted by Gasteiger charge is 2.38. The van der Waals surface area contributed by atoms with Crippen LogP contribution in [0.1, 0.15) is 30.5 Å². The summed E-state index contributed by atoms with van der Waals surface area (Å²) in [5.41, 5.74) is 2.04. The summed E-state index contributed by atoms with van der Waals surface area (Å²) >= 11 is 0. The van der Waals surface area contributed by atoms with Gasteiger partial charge in [-0.2, -0.15) is 0 Å². The molecule has 34 heavy (non-hydrogen) atoms. The zero-order valence-corrected chi connectivity index (χ0v) is 20.2. The zero-order chi connectivity index (χ0) is 24.4. The Balaban J connectivity index is 2.08. The molecule has 0 saturated heterocycles. The van der Waals surface area contributed by atoms with Crippen LogP contribution in [-0.2, 0) is 19.9 Å². The third-order valence-corrected chi connectivity index (χ3v) is 5.58.